The summed E-state index contributed by atoms with van der Waals surface area (Å²) in [6, 6.07) is -1.11. The zero-order valence-corrected chi connectivity index (χ0v) is 9.82. The van der Waals surface area contributed by atoms with E-state index in [1.54, 1.807) is 0 Å². The summed E-state index contributed by atoms with van der Waals surface area (Å²) in [6.07, 6.45) is -3.73. The maximum atomic E-state index is 11.1. The third kappa shape index (κ3) is 4.06. The summed E-state index contributed by atoms with van der Waals surface area (Å²) >= 11 is 0. The van der Waals surface area contributed by atoms with Crippen molar-refractivity contribution in [3.05, 3.63) is 0 Å². The number of aliphatic hydroxyl groups is 2. The number of aliphatic hydroxyl groups excluding tert-OH is 2. The zero-order valence-electron chi connectivity index (χ0n) is 8.92. The van der Waals surface area contributed by atoms with E-state index in [-0.39, 0.29) is 0 Å². The van der Waals surface area contributed by atoms with Gasteiger partial charge in [-0.15, -0.1) is 0 Å². The summed E-state index contributed by atoms with van der Waals surface area (Å²) in [7, 11) is 0.744. The molecule has 0 spiro atoms. The van der Waals surface area contributed by atoms with Crippen molar-refractivity contribution in [2.45, 2.75) is 31.2 Å². The zero-order chi connectivity index (χ0) is 13.2. The van der Waals surface area contributed by atoms with Crippen molar-refractivity contribution in [1.29, 1.82) is 0 Å². The van der Waals surface area contributed by atoms with Gasteiger partial charge in [0.2, 0.25) is 0 Å². The minimum atomic E-state index is -4.53. The molecule has 1 aliphatic heterocycles. The molecule has 3 N–H and O–H groups in total. The van der Waals surface area contributed by atoms with E-state index in [1.807, 2.05) is 0 Å². The Balaban J connectivity index is 2.46. The van der Waals surface area contributed by atoms with Gasteiger partial charge < -0.3 is 19.5 Å². The van der Waals surface area contributed by atoms with Crippen LogP contribution in [0.4, 0.5) is 0 Å². The summed E-state index contributed by atoms with van der Waals surface area (Å²) in [5.74, 6) is -0.986. The molecule has 0 saturated carbocycles. The smallest absolute Gasteiger partial charge is 0.388 e. The summed E-state index contributed by atoms with van der Waals surface area (Å²) in [5.41, 5.74) is 0. The van der Waals surface area contributed by atoms with Crippen LogP contribution in [-0.4, -0.2) is 59.8 Å². The second kappa shape index (κ2) is 5.47. The lowest BCUT2D eigenvalue weighted by Gasteiger charge is -2.16. The maximum Gasteiger partial charge on any atom is 0.529 e. The van der Waals surface area contributed by atoms with Crippen LogP contribution < -0.4 is 0 Å². The van der Waals surface area contributed by atoms with E-state index in [9.17, 15) is 19.6 Å². The van der Waals surface area contributed by atoms with E-state index in [1.165, 1.54) is 0 Å². The van der Waals surface area contributed by atoms with Crippen LogP contribution in [0.15, 0.2) is 0 Å². The molecule has 0 amide bonds. The SMILES string of the molecule is [B][C@@H]1O[C@H](COP(=O)(O)OC(C)=O)[C@@H](O)[C@H]1O. The highest BCUT2D eigenvalue weighted by Crippen LogP contribution is 2.43. The lowest BCUT2D eigenvalue weighted by Crippen LogP contribution is -2.34. The molecule has 5 atom stereocenters. The van der Waals surface area contributed by atoms with Crippen molar-refractivity contribution < 1.29 is 38.3 Å². The summed E-state index contributed by atoms with van der Waals surface area (Å²) in [5, 5.41) is 18.6. The predicted molar refractivity (Wildman–Crippen MR) is 54.0 cm³/mol. The van der Waals surface area contributed by atoms with Crippen LogP contribution in [-0.2, 0) is 23.1 Å². The van der Waals surface area contributed by atoms with Gasteiger partial charge >= 0.3 is 13.8 Å². The van der Waals surface area contributed by atoms with Crippen LogP contribution in [0.25, 0.3) is 0 Å². The molecule has 0 bridgehead atoms. The maximum absolute atomic E-state index is 11.1. The van der Waals surface area contributed by atoms with Crippen molar-refractivity contribution in [1.82, 2.24) is 0 Å². The molecule has 1 saturated heterocycles. The fourth-order valence-electron chi connectivity index (χ4n) is 1.27. The Morgan fingerprint density at radius 2 is 2.06 bits per heavy atom. The highest BCUT2D eigenvalue weighted by Gasteiger charge is 2.41. The Hall–Kier alpha value is -0.435. The second-order valence-electron chi connectivity index (χ2n) is 3.47. The van der Waals surface area contributed by atoms with Crippen LogP contribution in [0.2, 0.25) is 0 Å². The van der Waals surface area contributed by atoms with Gasteiger partial charge in [0.15, 0.2) is 0 Å². The van der Waals surface area contributed by atoms with E-state index < -0.39 is 44.7 Å². The number of carbonyl (C=O) groups excluding carboxylic acids is 1. The fourth-order valence-corrected chi connectivity index (χ4v) is 1.98. The van der Waals surface area contributed by atoms with E-state index in [0.29, 0.717) is 0 Å². The van der Waals surface area contributed by atoms with Crippen LogP contribution in [0.5, 0.6) is 0 Å². The Morgan fingerprint density at radius 3 is 2.47 bits per heavy atom. The molecule has 0 aliphatic carbocycles. The fraction of sp³-hybridized carbons (Fsp3) is 0.857. The van der Waals surface area contributed by atoms with E-state index in [4.69, 9.17) is 17.5 Å². The molecule has 96 valence electrons. The Bertz CT molecular complexity index is 336. The topological polar surface area (TPSA) is 123 Å². The summed E-state index contributed by atoms with van der Waals surface area (Å²) in [4.78, 5) is 19.5. The van der Waals surface area contributed by atoms with Gasteiger partial charge in [-0.05, 0) is 0 Å². The molecule has 1 fully saturated rings. The lowest BCUT2D eigenvalue weighted by atomic mass is 9.93. The number of rotatable bonds is 4. The van der Waals surface area contributed by atoms with Crippen LogP contribution >= 0.6 is 7.82 Å². The first kappa shape index (κ1) is 14.6. The van der Waals surface area contributed by atoms with Gasteiger partial charge in [-0.1, -0.05) is 0 Å². The third-order valence-corrected chi connectivity index (χ3v) is 3.01. The van der Waals surface area contributed by atoms with Gasteiger partial charge in [0, 0.05) is 12.9 Å². The Labute approximate surface area is 98.5 Å². The molecular weight excluding hydrogens is 254 g/mol. The van der Waals surface area contributed by atoms with Gasteiger partial charge in [0.25, 0.3) is 0 Å². The molecule has 2 radical (unpaired) electrons. The monoisotopic (exact) mass is 266 g/mol. The number of carbonyl (C=O) groups is 1. The Morgan fingerprint density at radius 1 is 1.47 bits per heavy atom. The Kier molecular flexibility index (Phi) is 4.71. The van der Waals surface area contributed by atoms with Crippen molar-refractivity contribution in [3.8, 4) is 0 Å². The summed E-state index contributed by atoms with van der Waals surface area (Å²) < 4.78 is 24.4. The first-order valence-corrected chi connectivity index (χ1v) is 6.17. The van der Waals surface area contributed by atoms with Crippen molar-refractivity contribution >= 4 is 21.6 Å². The second-order valence-corrected chi connectivity index (χ2v) is 4.85. The molecular formula is C7H12BO8P. The number of hydrogen-bond acceptors (Lipinski definition) is 7. The van der Waals surface area contributed by atoms with E-state index >= 15 is 0 Å². The van der Waals surface area contributed by atoms with Gasteiger partial charge in [0.05, 0.1) is 12.7 Å². The van der Waals surface area contributed by atoms with Gasteiger partial charge in [-0.2, -0.15) is 0 Å². The van der Waals surface area contributed by atoms with Gasteiger partial charge in [-0.25, -0.2) is 4.57 Å². The molecule has 1 unspecified atom stereocenters. The van der Waals surface area contributed by atoms with Crippen LogP contribution in [0, 0.1) is 0 Å². The average molecular weight is 266 g/mol. The quantitative estimate of drug-likeness (QED) is 0.405. The molecule has 0 aromatic rings. The molecule has 0 aromatic carbocycles. The van der Waals surface area contributed by atoms with Crippen molar-refractivity contribution in [2.24, 2.45) is 0 Å². The minimum Gasteiger partial charge on any atom is -0.388 e. The molecule has 1 aliphatic rings. The van der Waals surface area contributed by atoms with Crippen molar-refractivity contribution in [2.75, 3.05) is 6.61 Å². The molecule has 8 nitrogen and oxygen atoms in total. The highest BCUT2D eigenvalue weighted by molar-refractivity contribution is 7.48. The first-order chi connectivity index (χ1) is 7.73. The molecule has 1 heterocycles. The third-order valence-electron chi connectivity index (χ3n) is 2.05. The van der Waals surface area contributed by atoms with Gasteiger partial charge in [-0.3, -0.25) is 14.2 Å². The number of phosphoric acid groups is 1. The average Bonchev–Trinajstić information content (AvgIpc) is 2.41. The largest absolute Gasteiger partial charge is 0.529 e. The number of hydrogen-bond donors (Lipinski definition) is 3. The predicted octanol–water partition coefficient (Wildman–Crippen LogP) is -1.72. The first-order valence-electron chi connectivity index (χ1n) is 4.67. The molecule has 1 rings (SSSR count). The highest BCUT2D eigenvalue weighted by atomic mass is 31.2. The van der Waals surface area contributed by atoms with E-state index in [2.05, 4.69) is 9.05 Å². The summed E-state index contributed by atoms with van der Waals surface area (Å²) in [6.45, 7) is 0.389. The van der Waals surface area contributed by atoms with Crippen molar-refractivity contribution in [3.63, 3.8) is 0 Å². The normalized spacial score (nSPS) is 36.5. The number of phosphoric ester groups is 1. The van der Waals surface area contributed by atoms with Crippen LogP contribution in [0.3, 0.4) is 0 Å². The molecule has 17 heavy (non-hydrogen) atoms. The lowest BCUT2D eigenvalue weighted by molar-refractivity contribution is -0.133. The minimum absolute atomic E-state index is 0.549. The van der Waals surface area contributed by atoms with E-state index in [0.717, 1.165) is 6.92 Å². The number of ether oxygens (including phenoxy) is 1. The molecule has 10 heteroatoms. The van der Waals surface area contributed by atoms with Crippen LogP contribution in [0.1, 0.15) is 6.92 Å². The van der Waals surface area contributed by atoms with Gasteiger partial charge in [0.1, 0.15) is 20.1 Å². The molecule has 0 aromatic heterocycles. The standard InChI is InChI=1S/C7H12BO8P/c1-3(9)16-17(12,13)14-2-4-5(10)6(11)7(8)15-4/h4-7,10-11H,2H2,1H3,(H,12,13)/t4-,5-,6-,7-/m1/s1.